The number of carboxylic acid groups (broad SMARTS) is 1. The van der Waals surface area contributed by atoms with Gasteiger partial charge in [0.05, 0.1) is 13.2 Å². The summed E-state index contributed by atoms with van der Waals surface area (Å²) in [5.74, 6) is -2.27. The van der Waals surface area contributed by atoms with E-state index in [2.05, 4.69) is 24.5 Å². The van der Waals surface area contributed by atoms with Crippen molar-refractivity contribution in [1.29, 1.82) is 0 Å². The summed E-state index contributed by atoms with van der Waals surface area (Å²) >= 11 is 0. The molecule has 2 atom stereocenters. The lowest BCUT2D eigenvalue weighted by molar-refractivity contribution is -0.150. The predicted octanol–water partition coefficient (Wildman–Crippen LogP) is 10.9. The predicted molar refractivity (Wildman–Crippen MR) is 218 cm³/mol. The average molecular weight is 753 g/mol. The number of carbonyl (C=O) groups is 4. The van der Waals surface area contributed by atoms with Crippen LogP contribution in [0.4, 0.5) is 0 Å². The Balaban J connectivity index is 4.26. The summed E-state index contributed by atoms with van der Waals surface area (Å²) in [6.07, 6.45) is 39.9. The molecule has 4 N–H and O–H groups in total. The highest BCUT2D eigenvalue weighted by Gasteiger charge is 2.19. The van der Waals surface area contributed by atoms with Crippen LogP contribution in [0.3, 0.4) is 0 Å². The van der Waals surface area contributed by atoms with E-state index >= 15 is 0 Å². The largest absolute Gasteiger partial charge is 0.480 e. The summed E-state index contributed by atoms with van der Waals surface area (Å²) in [4.78, 5) is 47.5. The number of esters is 1. The molecule has 0 spiro atoms. The van der Waals surface area contributed by atoms with Crippen LogP contribution in [0.2, 0.25) is 0 Å². The van der Waals surface area contributed by atoms with E-state index in [9.17, 15) is 19.2 Å². The Labute approximate surface area is 325 Å². The number of aliphatic carboxylic acids is 1. The minimum Gasteiger partial charge on any atom is -0.480 e. The van der Waals surface area contributed by atoms with E-state index in [1.165, 1.54) is 141 Å². The van der Waals surface area contributed by atoms with Gasteiger partial charge in [0.2, 0.25) is 11.8 Å². The Morgan fingerprint density at radius 2 is 0.849 bits per heavy atom. The van der Waals surface area contributed by atoms with Gasteiger partial charge in [0.25, 0.3) is 0 Å². The van der Waals surface area contributed by atoms with Gasteiger partial charge in [-0.15, -0.1) is 0 Å². The molecule has 312 valence electrons. The zero-order chi connectivity index (χ0) is 39.0. The van der Waals surface area contributed by atoms with E-state index in [1.54, 1.807) is 0 Å². The SMILES string of the molecule is CCCCCCCCCCCCCCCCCC(CCCCCCCC(=O)NCC(=O)NC(CO)C(=O)O)OC(=O)CCCCCCCCCCCC. The van der Waals surface area contributed by atoms with Crippen LogP contribution in [0.15, 0.2) is 0 Å². The van der Waals surface area contributed by atoms with Gasteiger partial charge in [0.1, 0.15) is 12.1 Å². The van der Waals surface area contributed by atoms with Gasteiger partial charge < -0.3 is 25.6 Å². The van der Waals surface area contributed by atoms with Crippen molar-refractivity contribution in [2.24, 2.45) is 0 Å². The molecule has 0 heterocycles. The molecule has 53 heavy (non-hydrogen) atoms. The van der Waals surface area contributed by atoms with Crippen molar-refractivity contribution in [1.82, 2.24) is 10.6 Å². The lowest BCUT2D eigenvalue weighted by atomic mass is 10.0. The van der Waals surface area contributed by atoms with E-state index in [-0.39, 0.29) is 24.5 Å². The number of aliphatic hydroxyl groups excluding tert-OH is 1. The van der Waals surface area contributed by atoms with Gasteiger partial charge in [-0.05, 0) is 38.5 Å². The van der Waals surface area contributed by atoms with Crippen LogP contribution in [0.5, 0.6) is 0 Å². The molecule has 0 bridgehead atoms. The van der Waals surface area contributed by atoms with Crippen molar-refractivity contribution in [2.45, 2.75) is 244 Å². The number of hydrogen-bond acceptors (Lipinski definition) is 6. The van der Waals surface area contributed by atoms with Crippen LogP contribution in [0, 0.1) is 0 Å². The summed E-state index contributed by atoms with van der Waals surface area (Å²) < 4.78 is 6.03. The van der Waals surface area contributed by atoms with Gasteiger partial charge in [-0.3, -0.25) is 14.4 Å². The molecule has 0 aliphatic heterocycles. The van der Waals surface area contributed by atoms with Crippen molar-refractivity contribution in [3.05, 3.63) is 0 Å². The Bertz CT molecular complexity index is 869. The highest BCUT2D eigenvalue weighted by Crippen LogP contribution is 2.19. The normalized spacial score (nSPS) is 12.4. The molecule has 2 unspecified atom stereocenters. The van der Waals surface area contributed by atoms with Crippen LogP contribution in [-0.4, -0.2) is 59.3 Å². The van der Waals surface area contributed by atoms with Gasteiger partial charge in [-0.1, -0.05) is 181 Å². The zero-order valence-electron chi connectivity index (χ0n) is 34.5. The van der Waals surface area contributed by atoms with Gasteiger partial charge in [-0.25, -0.2) is 4.79 Å². The molecule has 0 rings (SSSR count). The summed E-state index contributed by atoms with van der Waals surface area (Å²) in [7, 11) is 0. The molecule has 0 aromatic carbocycles. The number of hydrogen-bond donors (Lipinski definition) is 4. The lowest BCUT2D eigenvalue weighted by Crippen LogP contribution is -2.47. The third-order valence-corrected chi connectivity index (χ3v) is 10.4. The van der Waals surface area contributed by atoms with Crippen LogP contribution >= 0.6 is 0 Å². The van der Waals surface area contributed by atoms with E-state index in [0.717, 1.165) is 57.8 Å². The number of amides is 2. The van der Waals surface area contributed by atoms with E-state index in [4.69, 9.17) is 14.9 Å². The van der Waals surface area contributed by atoms with E-state index < -0.39 is 24.5 Å². The molecule has 9 heteroatoms. The number of rotatable bonds is 41. The first-order chi connectivity index (χ1) is 25.8. The van der Waals surface area contributed by atoms with Crippen LogP contribution in [0.25, 0.3) is 0 Å². The monoisotopic (exact) mass is 753 g/mol. The second-order valence-corrected chi connectivity index (χ2v) is 15.5. The first-order valence-corrected chi connectivity index (χ1v) is 22.4. The molecule has 0 aliphatic rings. The Kier molecular flexibility index (Phi) is 37.9. The fourth-order valence-electron chi connectivity index (χ4n) is 6.89. The molecule has 9 nitrogen and oxygen atoms in total. The average Bonchev–Trinajstić information content (AvgIpc) is 3.14. The molecule has 0 saturated heterocycles. The summed E-state index contributed by atoms with van der Waals surface area (Å²) in [5, 5.41) is 22.6. The number of unbranched alkanes of at least 4 members (excludes halogenated alkanes) is 27. The maximum Gasteiger partial charge on any atom is 0.328 e. The quantitative estimate of drug-likeness (QED) is 0.0360. The number of ether oxygens (including phenoxy) is 1. The van der Waals surface area contributed by atoms with E-state index in [1.807, 2.05) is 0 Å². The molecule has 0 aromatic rings. The molecule has 2 amide bonds. The molecule has 0 fully saturated rings. The van der Waals surface area contributed by atoms with Gasteiger partial charge in [0, 0.05) is 12.8 Å². The van der Waals surface area contributed by atoms with Crippen LogP contribution in [-0.2, 0) is 23.9 Å². The molecular weight excluding hydrogens is 668 g/mol. The molecule has 0 aliphatic carbocycles. The van der Waals surface area contributed by atoms with Gasteiger partial charge >= 0.3 is 11.9 Å². The highest BCUT2D eigenvalue weighted by molar-refractivity contribution is 5.87. The molecule has 0 saturated carbocycles. The Morgan fingerprint density at radius 3 is 1.23 bits per heavy atom. The number of nitrogens with one attached hydrogen (secondary N) is 2. The topological polar surface area (TPSA) is 142 Å². The van der Waals surface area contributed by atoms with Gasteiger partial charge in [0.15, 0.2) is 0 Å². The summed E-state index contributed by atoms with van der Waals surface area (Å²) in [5.41, 5.74) is 0. The number of carbonyl (C=O) groups excluding carboxylic acids is 3. The molecule has 0 aromatic heterocycles. The lowest BCUT2D eigenvalue weighted by Gasteiger charge is -2.18. The Hall–Kier alpha value is -2.16. The zero-order valence-corrected chi connectivity index (χ0v) is 34.5. The fourth-order valence-corrected chi connectivity index (χ4v) is 6.89. The van der Waals surface area contributed by atoms with Crippen molar-refractivity contribution in [2.75, 3.05) is 13.2 Å². The van der Waals surface area contributed by atoms with Crippen molar-refractivity contribution >= 4 is 23.8 Å². The fraction of sp³-hybridized carbons (Fsp3) is 0.909. The smallest absolute Gasteiger partial charge is 0.328 e. The first-order valence-electron chi connectivity index (χ1n) is 22.4. The second-order valence-electron chi connectivity index (χ2n) is 15.5. The van der Waals surface area contributed by atoms with Crippen LogP contribution in [0.1, 0.15) is 232 Å². The summed E-state index contributed by atoms with van der Waals surface area (Å²) in [6, 6.07) is -1.38. The standard InChI is InChI=1S/C44H84N2O7/c1-3-5-7-9-11-13-15-16-17-18-19-20-22-25-29-33-39(53-43(50)36-32-28-23-21-14-12-10-8-6-4-2)34-30-26-24-27-31-35-41(48)45-37-42(49)46-40(38-47)44(51)52/h39-40,47H,3-38H2,1-2H3,(H,45,48)(H,46,49)(H,51,52). The minimum atomic E-state index is -1.38. The highest BCUT2D eigenvalue weighted by atomic mass is 16.5. The minimum absolute atomic E-state index is 0.00363. The summed E-state index contributed by atoms with van der Waals surface area (Å²) in [6.45, 7) is 3.50. The second kappa shape index (κ2) is 39.5. The number of carboxylic acids is 1. The van der Waals surface area contributed by atoms with Crippen molar-refractivity contribution < 1.29 is 34.1 Å². The maximum absolute atomic E-state index is 12.8. The number of aliphatic hydroxyl groups is 1. The molecule has 0 radical (unpaired) electrons. The molecular formula is C44H84N2O7. The third-order valence-electron chi connectivity index (χ3n) is 10.4. The van der Waals surface area contributed by atoms with Crippen molar-refractivity contribution in [3.63, 3.8) is 0 Å². The maximum atomic E-state index is 12.8. The Morgan fingerprint density at radius 1 is 0.491 bits per heavy atom. The van der Waals surface area contributed by atoms with E-state index in [0.29, 0.717) is 19.3 Å². The first kappa shape index (κ1) is 50.8. The third kappa shape index (κ3) is 36.6. The van der Waals surface area contributed by atoms with Crippen molar-refractivity contribution in [3.8, 4) is 0 Å². The van der Waals surface area contributed by atoms with Gasteiger partial charge in [-0.2, -0.15) is 0 Å². The van der Waals surface area contributed by atoms with Crippen LogP contribution < -0.4 is 10.6 Å².